The topological polar surface area (TPSA) is 56.1 Å². The van der Waals surface area contributed by atoms with Crippen LogP contribution in [0, 0.1) is 0 Å². The van der Waals surface area contributed by atoms with Gasteiger partial charge in [-0.25, -0.2) is 8.42 Å². The Labute approximate surface area is 145 Å². The van der Waals surface area contributed by atoms with Gasteiger partial charge in [-0.2, -0.15) is 0 Å². The largest absolute Gasteiger partial charge is 0.349 e. The molecule has 6 heteroatoms. The maximum absolute atomic E-state index is 12.9. The van der Waals surface area contributed by atoms with E-state index in [9.17, 15) is 13.2 Å². The molecule has 3 aromatic rings. The van der Waals surface area contributed by atoms with Crippen molar-refractivity contribution in [1.82, 2.24) is 4.57 Å². The van der Waals surface area contributed by atoms with Gasteiger partial charge in [-0.15, -0.1) is 0 Å². The molecule has 2 aromatic carbocycles. The molecule has 0 aliphatic carbocycles. The fourth-order valence-electron chi connectivity index (χ4n) is 2.66. The molecule has 0 aliphatic rings. The number of hydrogen-bond donors (Lipinski definition) is 0. The number of pyridine rings is 1. The molecule has 0 amide bonds. The zero-order valence-electron chi connectivity index (χ0n) is 13.3. The van der Waals surface area contributed by atoms with E-state index in [1.54, 1.807) is 35.9 Å². The summed E-state index contributed by atoms with van der Waals surface area (Å²) in [5.41, 5.74) is 1.13. The van der Waals surface area contributed by atoms with Crippen LogP contribution in [0.25, 0.3) is 10.9 Å². The van der Waals surface area contributed by atoms with Crippen LogP contribution in [0.1, 0.15) is 12.5 Å². The van der Waals surface area contributed by atoms with Gasteiger partial charge in [-0.1, -0.05) is 30.7 Å². The van der Waals surface area contributed by atoms with Crippen LogP contribution in [0.15, 0.2) is 63.2 Å². The Morgan fingerprint density at radius 2 is 1.75 bits per heavy atom. The molecule has 1 heterocycles. The molecule has 0 unspecified atom stereocenters. The zero-order valence-corrected chi connectivity index (χ0v) is 14.9. The van der Waals surface area contributed by atoms with Gasteiger partial charge in [0.2, 0.25) is 15.3 Å². The Bertz CT molecular complexity index is 1080. The van der Waals surface area contributed by atoms with Crippen molar-refractivity contribution in [2.75, 3.05) is 0 Å². The third kappa shape index (κ3) is 2.74. The van der Waals surface area contributed by atoms with Gasteiger partial charge in [0, 0.05) is 23.7 Å². The summed E-state index contributed by atoms with van der Waals surface area (Å²) in [5, 5.41) is 0.678. The molecule has 0 saturated heterocycles. The number of nitrogens with zero attached hydrogens (tertiary/aromatic N) is 1. The Kier molecular flexibility index (Phi) is 4.24. The number of aromatic nitrogens is 1. The minimum Gasteiger partial charge on any atom is -0.349 e. The fourth-order valence-corrected chi connectivity index (χ4v) is 4.23. The lowest BCUT2D eigenvalue weighted by Crippen LogP contribution is -2.18. The summed E-state index contributed by atoms with van der Waals surface area (Å²) in [6, 6.07) is 11.5. The van der Waals surface area contributed by atoms with E-state index in [-0.39, 0.29) is 15.2 Å². The van der Waals surface area contributed by atoms with Gasteiger partial charge < -0.3 is 4.57 Å². The molecule has 0 N–H and O–H groups in total. The molecule has 124 valence electrons. The summed E-state index contributed by atoms with van der Waals surface area (Å²) in [4.78, 5) is 12.6. The number of sulfone groups is 1. The van der Waals surface area contributed by atoms with E-state index in [0.29, 0.717) is 10.5 Å². The first-order valence-electron chi connectivity index (χ1n) is 7.47. The van der Waals surface area contributed by atoms with Crippen LogP contribution in [-0.4, -0.2) is 13.0 Å². The molecule has 0 spiro atoms. The zero-order chi connectivity index (χ0) is 17.5. The summed E-state index contributed by atoms with van der Waals surface area (Å²) in [6.45, 7) is 1.99. The van der Waals surface area contributed by atoms with Gasteiger partial charge in [0.25, 0.3) is 0 Å². The van der Waals surface area contributed by atoms with E-state index in [0.717, 1.165) is 12.0 Å². The predicted molar refractivity (Wildman–Crippen MR) is 95.5 cm³/mol. The van der Waals surface area contributed by atoms with Crippen molar-refractivity contribution in [3.63, 3.8) is 0 Å². The highest BCUT2D eigenvalue weighted by atomic mass is 35.5. The minimum absolute atomic E-state index is 0.109. The highest BCUT2D eigenvalue weighted by Gasteiger charge is 2.23. The van der Waals surface area contributed by atoms with Gasteiger partial charge in [0.15, 0.2) is 0 Å². The minimum atomic E-state index is -3.90. The van der Waals surface area contributed by atoms with Crippen molar-refractivity contribution in [2.45, 2.75) is 23.1 Å². The first kappa shape index (κ1) is 16.7. The summed E-state index contributed by atoms with van der Waals surface area (Å²) < 4.78 is 27.4. The lowest BCUT2D eigenvalue weighted by molar-refractivity contribution is 0.594. The number of fused-ring (bicyclic) bond motifs is 1. The molecule has 24 heavy (non-hydrogen) atoms. The summed E-state index contributed by atoms with van der Waals surface area (Å²) in [7, 11) is -2.19. The second-order valence-corrected chi connectivity index (χ2v) is 7.95. The summed E-state index contributed by atoms with van der Waals surface area (Å²) in [5.74, 6) is 0. The second kappa shape index (κ2) is 6.07. The van der Waals surface area contributed by atoms with Crippen molar-refractivity contribution >= 4 is 32.3 Å². The maximum atomic E-state index is 12.9. The molecule has 4 nitrogen and oxygen atoms in total. The smallest absolute Gasteiger partial charge is 0.211 e. The van der Waals surface area contributed by atoms with Crippen LogP contribution in [0.3, 0.4) is 0 Å². The van der Waals surface area contributed by atoms with E-state index >= 15 is 0 Å². The molecule has 0 bridgehead atoms. The van der Waals surface area contributed by atoms with Gasteiger partial charge in [0.05, 0.1) is 10.4 Å². The predicted octanol–water partition coefficient (Wildman–Crippen LogP) is 3.59. The Hall–Kier alpha value is -2.11. The van der Waals surface area contributed by atoms with E-state index < -0.39 is 15.3 Å². The lowest BCUT2D eigenvalue weighted by Gasteiger charge is -2.10. The summed E-state index contributed by atoms with van der Waals surface area (Å²) >= 11 is 5.96. The van der Waals surface area contributed by atoms with Crippen molar-refractivity contribution in [3.05, 3.63) is 69.5 Å². The van der Waals surface area contributed by atoms with Gasteiger partial charge >= 0.3 is 0 Å². The Morgan fingerprint density at radius 1 is 1.08 bits per heavy atom. The highest BCUT2D eigenvalue weighted by molar-refractivity contribution is 7.91. The van der Waals surface area contributed by atoms with Crippen molar-refractivity contribution in [2.24, 2.45) is 7.05 Å². The molecule has 0 saturated carbocycles. The molecule has 0 radical (unpaired) electrons. The van der Waals surface area contributed by atoms with E-state index in [4.69, 9.17) is 11.6 Å². The second-order valence-electron chi connectivity index (χ2n) is 5.60. The van der Waals surface area contributed by atoms with Crippen molar-refractivity contribution in [1.29, 1.82) is 0 Å². The Morgan fingerprint density at radius 3 is 2.38 bits per heavy atom. The third-order valence-corrected chi connectivity index (χ3v) is 6.05. The first-order valence-corrected chi connectivity index (χ1v) is 9.33. The number of aryl methyl sites for hydroxylation is 2. The quantitative estimate of drug-likeness (QED) is 0.716. The van der Waals surface area contributed by atoms with Crippen LogP contribution in [0.4, 0.5) is 0 Å². The monoisotopic (exact) mass is 361 g/mol. The molecule has 3 rings (SSSR count). The number of hydrogen-bond acceptors (Lipinski definition) is 3. The van der Waals surface area contributed by atoms with Gasteiger partial charge in [0.1, 0.15) is 4.90 Å². The van der Waals surface area contributed by atoms with Crippen LogP contribution in [0.5, 0.6) is 0 Å². The molecule has 0 aliphatic heterocycles. The number of rotatable bonds is 3. The van der Waals surface area contributed by atoms with Gasteiger partial charge in [-0.05, 0) is 42.3 Å². The third-order valence-electron chi connectivity index (χ3n) is 4.05. The molecule has 1 aromatic heterocycles. The average molecular weight is 362 g/mol. The van der Waals surface area contributed by atoms with Crippen LogP contribution in [-0.2, 0) is 23.3 Å². The Balaban J connectivity index is 2.28. The first-order chi connectivity index (χ1) is 11.3. The van der Waals surface area contributed by atoms with E-state index in [1.165, 1.54) is 24.4 Å². The van der Waals surface area contributed by atoms with E-state index in [1.807, 2.05) is 6.92 Å². The number of benzene rings is 2. The lowest BCUT2D eigenvalue weighted by atomic mass is 10.2. The average Bonchev–Trinajstić information content (AvgIpc) is 2.58. The molecular formula is C18H16ClNO3S. The fraction of sp³-hybridized carbons (Fsp3) is 0.167. The molecule has 0 atom stereocenters. The van der Waals surface area contributed by atoms with Crippen LogP contribution >= 0.6 is 11.6 Å². The van der Waals surface area contributed by atoms with Crippen molar-refractivity contribution in [3.8, 4) is 0 Å². The number of halogens is 1. The van der Waals surface area contributed by atoms with E-state index in [2.05, 4.69) is 0 Å². The van der Waals surface area contributed by atoms with Crippen molar-refractivity contribution < 1.29 is 8.42 Å². The van der Waals surface area contributed by atoms with Crippen LogP contribution < -0.4 is 5.43 Å². The molecule has 0 fully saturated rings. The summed E-state index contributed by atoms with van der Waals surface area (Å²) in [6.07, 6.45) is 2.18. The van der Waals surface area contributed by atoms with Gasteiger partial charge in [-0.3, -0.25) is 4.79 Å². The highest BCUT2D eigenvalue weighted by Crippen LogP contribution is 2.22. The standard InChI is InChI=1S/C18H16ClNO3S/c1-3-12-4-7-14(8-5-12)24(22,23)17-11-20(2)16-9-6-13(19)10-15(16)18(17)21/h4-11H,3H2,1-2H3. The SMILES string of the molecule is CCc1ccc(S(=O)(=O)c2cn(C)c3ccc(Cl)cc3c2=O)cc1. The normalized spacial score (nSPS) is 11.8. The molecular weight excluding hydrogens is 346 g/mol. The van der Waals surface area contributed by atoms with Crippen LogP contribution in [0.2, 0.25) is 5.02 Å². The maximum Gasteiger partial charge on any atom is 0.211 e.